The average molecular weight is 339 g/mol. The van der Waals surface area contributed by atoms with Gasteiger partial charge < -0.3 is 4.74 Å². The molecule has 0 saturated heterocycles. The summed E-state index contributed by atoms with van der Waals surface area (Å²) in [5, 5.41) is 11.7. The molecule has 8 heteroatoms. The number of carbonyl (C=O) groups is 2. The first-order chi connectivity index (χ1) is 11.9. The van der Waals surface area contributed by atoms with Crippen LogP contribution in [0.3, 0.4) is 0 Å². The molecule has 0 fully saturated rings. The fourth-order valence-corrected chi connectivity index (χ4v) is 1.93. The predicted molar refractivity (Wildman–Crippen MR) is 91.8 cm³/mol. The number of nitrogens with zero attached hydrogens (tertiary/aromatic N) is 4. The van der Waals surface area contributed by atoms with Crippen LogP contribution in [0.5, 0.6) is 5.75 Å². The monoisotopic (exact) mass is 339 g/mol. The molecule has 0 aliphatic heterocycles. The summed E-state index contributed by atoms with van der Waals surface area (Å²) >= 11 is 0. The highest BCUT2D eigenvalue weighted by atomic mass is 16.5. The lowest BCUT2D eigenvalue weighted by Crippen LogP contribution is -2.32. The van der Waals surface area contributed by atoms with Gasteiger partial charge in [-0.25, -0.2) is 14.8 Å². The highest BCUT2D eigenvalue weighted by Crippen LogP contribution is 2.22. The number of nitriles is 1. The number of hydrogen-bond donors (Lipinski definition) is 1. The lowest BCUT2D eigenvalue weighted by Gasteiger charge is -2.17. The van der Waals surface area contributed by atoms with E-state index in [1.807, 2.05) is 19.9 Å². The van der Waals surface area contributed by atoms with E-state index in [9.17, 15) is 9.59 Å². The largest absolute Gasteiger partial charge is 0.489 e. The molecule has 8 nitrogen and oxygen atoms in total. The molecule has 0 saturated carbocycles. The molecular formula is C17H17N5O3. The molecule has 2 heterocycles. The van der Waals surface area contributed by atoms with Gasteiger partial charge in [0.05, 0.1) is 12.3 Å². The first kappa shape index (κ1) is 17.9. The minimum absolute atomic E-state index is 0.129. The maximum Gasteiger partial charge on any atom is 0.328 e. The van der Waals surface area contributed by atoms with Gasteiger partial charge in [-0.3, -0.25) is 15.0 Å². The number of pyridine rings is 2. The maximum absolute atomic E-state index is 12.3. The number of urea groups is 1. The van der Waals surface area contributed by atoms with Crippen LogP contribution in [0, 0.1) is 11.3 Å². The zero-order valence-electron chi connectivity index (χ0n) is 14.1. The van der Waals surface area contributed by atoms with Gasteiger partial charge >= 0.3 is 6.03 Å². The van der Waals surface area contributed by atoms with Crippen LogP contribution in [0.15, 0.2) is 30.5 Å². The summed E-state index contributed by atoms with van der Waals surface area (Å²) in [4.78, 5) is 32.5. The molecule has 2 aromatic rings. The minimum Gasteiger partial charge on any atom is -0.489 e. The normalized spacial score (nSPS) is 10.0. The van der Waals surface area contributed by atoms with Crippen LogP contribution in [0.4, 0.5) is 16.4 Å². The SMILES string of the molecule is CC(C)Oc1cc(NC(=O)N(C)c2cccc(C=O)n2)ncc1C#N. The van der Waals surface area contributed by atoms with Crippen LogP contribution in [0.25, 0.3) is 0 Å². The van der Waals surface area contributed by atoms with Gasteiger partial charge in [-0.15, -0.1) is 0 Å². The molecule has 25 heavy (non-hydrogen) atoms. The summed E-state index contributed by atoms with van der Waals surface area (Å²) in [5.41, 5.74) is 0.502. The Bertz CT molecular complexity index is 829. The Morgan fingerprint density at radius 3 is 2.84 bits per heavy atom. The van der Waals surface area contributed by atoms with Crippen molar-refractivity contribution < 1.29 is 14.3 Å². The van der Waals surface area contributed by atoms with E-state index < -0.39 is 6.03 Å². The van der Waals surface area contributed by atoms with E-state index in [-0.39, 0.29) is 23.2 Å². The molecule has 1 N–H and O–H groups in total. The summed E-state index contributed by atoms with van der Waals surface area (Å²) < 4.78 is 5.56. The van der Waals surface area contributed by atoms with Crippen molar-refractivity contribution in [2.45, 2.75) is 20.0 Å². The molecule has 128 valence electrons. The molecule has 0 unspecified atom stereocenters. The van der Waals surface area contributed by atoms with Gasteiger partial charge in [-0.1, -0.05) is 6.07 Å². The zero-order chi connectivity index (χ0) is 18.4. The van der Waals surface area contributed by atoms with Crippen molar-refractivity contribution >= 4 is 24.0 Å². The van der Waals surface area contributed by atoms with E-state index in [1.54, 1.807) is 18.2 Å². The Morgan fingerprint density at radius 2 is 2.20 bits per heavy atom. The van der Waals surface area contributed by atoms with Crippen molar-refractivity contribution in [2.24, 2.45) is 0 Å². The van der Waals surface area contributed by atoms with Gasteiger partial charge in [-0.05, 0) is 26.0 Å². The number of aldehydes is 1. The third-order valence-corrected chi connectivity index (χ3v) is 3.11. The first-order valence-corrected chi connectivity index (χ1v) is 7.48. The number of aromatic nitrogens is 2. The first-order valence-electron chi connectivity index (χ1n) is 7.48. The summed E-state index contributed by atoms with van der Waals surface area (Å²) in [6, 6.07) is 7.75. The van der Waals surface area contributed by atoms with Crippen molar-refractivity contribution in [3.8, 4) is 11.8 Å². The van der Waals surface area contributed by atoms with Crippen molar-refractivity contribution in [2.75, 3.05) is 17.3 Å². The van der Waals surface area contributed by atoms with Crippen molar-refractivity contribution in [3.63, 3.8) is 0 Å². The Hall–Kier alpha value is -3.47. The standard InChI is InChI=1S/C17H17N5O3/c1-11(2)25-14-7-15(19-9-12(14)8-18)21-17(24)22(3)16-6-4-5-13(10-23)20-16/h4-7,9-11H,1-3H3,(H,19,21,24). The third-order valence-electron chi connectivity index (χ3n) is 3.11. The van der Waals surface area contributed by atoms with Gasteiger partial charge in [0, 0.05) is 13.1 Å². The Kier molecular flexibility index (Phi) is 5.63. The second-order valence-electron chi connectivity index (χ2n) is 5.37. The van der Waals surface area contributed by atoms with Crippen LogP contribution in [-0.4, -0.2) is 35.4 Å². The summed E-state index contributed by atoms with van der Waals surface area (Å²) in [7, 11) is 1.52. The maximum atomic E-state index is 12.3. The van der Waals surface area contributed by atoms with Gasteiger partial charge in [0.2, 0.25) is 0 Å². The molecule has 0 aromatic carbocycles. The molecule has 2 rings (SSSR count). The molecule has 0 atom stereocenters. The predicted octanol–water partition coefficient (Wildman–Crippen LogP) is 2.62. The van der Waals surface area contributed by atoms with E-state index in [4.69, 9.17) is 10.00 Å². The zero-order valence-corrected chi connectivity index (χ0v) is 14.1. The lowest BCUT2D eigenvalue weighted by atomic mass is 10.2. The Morgan fingerprint density at radius 1 is 1.44 bits per heavy atom. The number of rotatable bonds is 5. The topological polar surface area (TPSA) is 108 Å². The molecule has 0 radical (unpaired) electrons. The van der Waals surface area contributed by atoms with Crippen LogP contribution < -0.4 is 15.0 Å². The smallest absolute Gasteiger partial charge is 0.328 e. The molecule has 0 bridgehead atoms. The van der Waals surface area contributed by atoms with Gasteiger partial charge in [0.25, 0.3) is 0 Å². The fraction of sp³-hybridized carbons (Fsp3) is 0.235. The van der Waals surface area contributed by atoms with Crippen molar-refractivity contribution in [1.82, 2.24) is 9.97 Å². The average Bonchev–Trinajstić information content (AvgIpc) is 2.60. The number of ether oxygens (including phenoxy) is 1. The molecule has 0 spiro atoms. The molecule has 2 aromatic heterocycles. The second kappa shape index (κ2) is 7.88. The van der Waals surface area contributed by atoms with Gasteiger partial charge in [-0.2, -0.15) is 5.26 Å². The molecule has 2 amide bonds. The highest BCUT2D eigenvalue weighted by molar-refractivity contribution is 6.00. The summed E-state index contributed by atoms with van der Waals surface area (Å²) in [5.74, 6) is 0.888. The minimum atomic E-state index is -0.497. The van der Waals surface area contributed by atoms with E-state index in [1.165, 1.54) is 24.2 Å². The van der Waals surface area contributed by atoms with Gasteiger partial charge in [0.1, 0.15) is 34.7 Å². The molecule has 0 aliphatic rings. The second-order valence-corrected chi connectivity index (χ2v) is 5.37. The number of hydrogen-bond acceptors (Lipinski definition) is 6. The Labute approximate surface area is 145 Å². The van der Waals surface area contributed by atoms with Gasteiger partial charge in [0.15, 0.2) is 6.29 Å². The van der Waals surface area contributed by atoms with E-state index in [0.29, 0.717) is 17.9 Å². The van der Waals surface area contributed by atoms with Crippen molar-refractivity contribution in [1.29, 1.82) is 5.26 Å². The molecule has 0 aliphatic carbocycles. The van der Waals surface area contributed by atoms with Crippen LogP contribution in [0.1, 0.15) is 29.9 Å². The Balaban J connectivity index is 2.19. The summed E-state index contributed by atoms with van der Waals surface area (Å²) in [6.45, 7) is 3.67. The number of nitrogens with one attached hydrogen (secondary N) is 1. The van der Waals surface area contributed by atoms with E-state index in [0.717, 1.165) is 0 Å². The van der Waals surface area contributed by atoms with Crippen LogP contribution in [0.2, 0.25) is 0 Å². The fourth-order valence-electron chi connectivity index (χ4n) is 1.93. The van der Waals surface area contributed by atoms with E-state index >= 15 is 0 Å². The van der Waals surface area contributed by atoms with Crippen LogP contribution >= 0.6 is 0 Å². The number of carbonyl (C=O) groups excluding carboxylic acids is 2. The molecular weight excluding hydrogens is 322 g/mol. The van der Waals surface area contributed by atoms with Crippen molar-refractivity contribution in [3.05, 3.63) is 41.7 Å². The quantitative estimate of drug-likeness (QED) is 0.839. The highest BCUT2D eigenvalue weighted by Gasteiger charge is 2.15. The van der Waals surface area contributed by atoms with E-state index in [2.05, 4.69) is 15.3 Å². The van der Waals surface area contributed by atoms with Crippen LogP contribution in [-0.2, 0) is 0 Å². The number of amides is 2. The summed E-state index contributed by atoms with van der Waals surface area (Å²) in [6.07, 6.45) is 1.81. The number of anilines is 2. The third kappa shape index (κ3) is 4.51. The lowest BCUT2D eigenvalue weighted by molar-refractivity contribution is 0.111.